The van der Waals surface area contributed by atoms with Crippen LogP contribution in [-0.2, 0) is 16.0 Å². The lowest BCUT2D eigenvalue weighted by Crippen LogP contribution is -2.35. The number of aryl methyl sites for hydroxylation is 2. The van der Waals surface area contributed by atoms with Gasteiger partial charge in [-0.05, 0) is 75.1 Å². The van der Waals surface area contributed by atoms with Crippen LogP contribution in [0.2, 0.25) is 0 Å². The highest BCUT2D eigenvalue weighted by Gasteiger charge is 2.24. The van der Waals surface area contributed by atoms with Gasteiger partial charge in [0.15, 0.2) is 5.49 Å². The second kappa shape index (κ2) is 10.1. The fourth-order valence-corrected chi connectivity index (χ4v) is 4.56. The number of esters is 1. The summed E-state index contributed by atoms with van der Waals surface area (Å²) in [5.41, 5.74) is 2.96. The molecule has 1 amide bonds. The van der Waals surface area contributed by atoms with Crippen molar-refractivity contribution in [1.82, 2.24) is 14.0 Å². The van der Waals surface area contributed by atoms with E-state index in [4.69, 9.17) is 14.5 Å². The van der Waals surface area contributed by atoms with Crippen LogP contribution in [0.4, 0.5) is 0 Å². The number of aromatic nitrogens is 3. The van der Waals surface area contributed by atoms with Gasteiger partial charge in [-0.2, -0.15) is 4.99 Å². The average molecular weight is 501 g/mol. The standard InChI is InChI=1S/C28H28N4O5/c1-4-36-28(35)22-15-21-24(29-23-9-5-6-12-31(23)27(21)34)32(16-20-8-7-13-37-20)25(22)30-26(33)19-11-10-17(2)18(3)14-19/h5-6,9-12,14-15,20H,4,7-8,13,16H2,1-3H3/t20-/m0/s1. The zero-order valence-corrected chi connectivity index (χ0v) is 21.1. The predicted octanol–water partition coefficient (Wildman–Crippen LogP) is 3.36. The highest BCUT2D eigenvalue weighted by atomic mass is 16.5. The fraction of sp³-hybridized carbons (Fsp3) is 0.321. The first kappa shape index (κ1) is 24.6. The number of fused-ring (bicyclic) bond motifs is 2. The molecule has 0 aliphatic carbocycles. The third-order valence-corrected chi connectivity index (χ3v) is 6.66. The van der Waals surface area contributed by atoms with Gasteiger partial charge < -0.3 is 14.0 Å². The monoisotopic (exact) mass is 500 g/mol. The third kappa shape index (κ3) is 4.70. The third-order valence-electron chi connectivity index (χ3n) is 6.66. The molecule has 190 valence electrons. The number of benzene rings is 1. The molecule has 1 atom stereocenters. The molecular weight excluding hydrogens is 472 g/mol. The molecule has 9 nitrogen and oxygen atoms in total. The van der Waals surface area contributed by atoms with Crippen LogP contribution >= 0.6 is 0 Å². The molecule has 1 aliphatic heterocycles. The molecule has 1 aromatic carbocycles. The number of hydrogen-bond donors (Lipinski definition) is 0. The molecule has 37 heavy (non-hydrogen) atoms. The van der Waals surface area contributed by atoms with E-state index in [9.17, 15) is 14.4 Å². The molecule has 4 heterocycles. The summed E-state index contributed by atoms with van der Waals surface area (Å²) in [4.78, 5) is 49.1. The molecule has 1 saturated heterocycles. The highest BCUT2D eigenvalue weighted by molar-refractivity contribution is 5.97. The van der Waals surface area contributed by atoms with Crippen molar-refractivity contribution in [2.45, 2.75) is 46.3 Å². The summed E-state index contributed by atoms with van der Waals surface area (Å²) in [5.74, 6) is -1.18. The Morgan fingerprint density at radius 1 is 1.16 bits per heavy atom. The summed E-state index contributed by atoms with van der Waals surface area (Å²) in [6, 6.07) is 12.0. The van der Waals surface area contributed by atoms with Gasteiger partial charge in [0.2, 0.25) is 0 Å². The Labute approximate surface area is 213 Å². The van der Waals surface area contributed by atoms with E-state index in [0.29, 0.717) is 23.5 Å². The number of ether oxygens (including phenoxy) is 2. The molecule has 0 saturated carbocycles. The van der Waals surface area contributed by atoms with E-state index in [0.717, 1.165) is 24.0 Å². The maximum Gasteiger partial charge on any atom is 0.341 e. The highest BCUT2D eigenvalue weighted by Crippen LogP contribution is 2.18. The normalized spacial score (nSPS) is 16.0. The number of rotatable bonds is 5. The van der Waals surface area contributed by atoms with Crippen LogP contribution in [0.3, 0.4) is 0 Å². The molecular formula is C28H28N4O5. The molecule has 1 fully saturated rings. The van der Waals surface area contributed by atoms with Crippen molar-refractivity contribution >= 4 is 28.6 Å². The van der Waals surface area contributed by atoms with Crippen molar-refractivity contribution in [3.8, 4) is 0 Å². The van der Waals surface area contributed by atoms with Crippen LogP contribution in [-0.4, -0.2) is 45.1 Å². The minimum Gasteiger partial charge on any atom is -0.462 e. The fourth-order valence-electron chi connectivity index (χ4n) is 4.56. The number of nitrogens with zero attached hydrogens (tertiary/aromatic N) is 4. The summed E-state index contributed by atoms with van der Waals surface area (Å²) in [7, 11) is 0. The van der Waals surface area contributed by atoms with Gasteiger partial charge >= 0.3 is 5.97 Å². The van der Waals surface area contributed by atoms with Crippen LogP contribution in [0.15, 0.2) is 58.4 Å². The van der Waals surface area contributed by atoms with Gasteiger partial charge in [-0.15, -0.1) is 0 Å². The van der Waals surface area contributed by atoms with Crippen LogP contribution in [0.1, 0.15) is 51.6 Å². The van der Waals surface area contributed by atoms with Crippen molar-refractivity contribution in [2.24, 2.45) is 4.99 Å². The number of pyridine rings is 2. The molecule has 0 spiro atoms. The van der Waals surface area contributed by atoms with Crippen molar-refractivity contribution in [2.75, 3.05) is 13.2 Å². The van der Waals surface area contributed by atoms with Crippen LogP contribution in [0, 0.1) is 13.8 Å². The Kier molecular flexibility index (Phi) is 6.71. The lowest BCUT2D eigenvalue weighted by molar-refractivity contribution is 0.0521. The van der Waals surface area contributed by atoms with Gasteiger partial charge in [-0.1, -0.05) is 12.1 Å². The summed E-state index contributed by atoms with van der Waals surface area (Å²) in [6.07, 6.45) is 3.15. The van der Waals surface area contributed by atoms with E-state index >= 15 is 0 Å². The van der Waals surface area contributed by atoms with Gasteiger partial charge in [-0.3, -0.25) is 14.0 Å². The minimum absolute atomic E-state index is 0.0271. The number of hydrogen-bond acceptors (Lipinski definition) is 6. The van der Waals surface area contributed by atoms with E-state index in [1.54, 1.807) is 48.0 Å². The lowest BCUT2D eigenvalue weighted by Gasteiger charge is -2.18. The summed E-state index contributed by atoms with van der Waals surface area (Å²) in [6.45, 7) is 6.60. The van der Waals surface area contributed by atoms with Gasteiger partial charge in [0.25, 0.3) is 11.5 Å². The van der Waals surface area contributed by atoms with Crippen molar-refractivity contribution in [3.63, 3.8) is 0 Å². The molecule has 9 heteroatoms. The van der Waals surface area contributed by atoms with Gasteiger partial charge in [0.05, 0.1) is 24.6 Å². The summed E-state index contributed by atoms with van der Waals surface area (Å²) in [5, 5.41) is 0.224. The van der Waals surface area contributed by atoms with Crippen LogP contribution < -0.4 is 11.0 Å². The smallest absolute Gasteiger partial charge is 0.341 e. The van der Waals surface area contributed by atoms with Crippen molar-refractivity contribution in [3.05, 3.63) is 86.8 Å². The molecule has 0 N–H and O–H groups in total. The summed E-state index contributed by atoms with van der Waals surface area (Å²) < 4.78 is 14.3. The zero-order valence-electron chi connectivity index (χ0n) is 21.1. The Morgan fingerprint density at radius 3 is 2.73 bits per heavy atom. The van der Waals surface area contributed by atoms with Crippen molar-refractivity contribution in [1.29, 1.82) is 0 Å². The molecule has 0 radical (unpaired) electrons. The van der Waals surface area contributed by atoms with E-state index in [1.165, 1.54) is 10.5 Å². The largest absolute Gasteiger partial charge is 0.462 e. The SMILES string of the molecule is CCOC(=O)c1cc2c(=O)n3ccccc3nc2n(C[C@@H]2CCCO2)c1=NC(=O)c1ccc(C)c(C)c1. The molecule has 3 aromatic heterocycles. The Balaban J connectivity index is 1.85. The molecule has 1 aliphatic rings. The lowest BCUT2D eigenvalue weighted by atomic mass is 10.1. The van der Waals surface area contributed by atoms with E-state index in [1.807, 2.05) is 19.9 Å². The average Bonchev–Trinajstić information content (AvgIpc) is 3.40. The molecule has 5 rings (SSSR count). The Morgan fingerprint density at radius 2 is 2.00 bits per heavy atom. The maximum atomic E-state index is 13.5. The maximum absolute atomic E-state index is 13.5. The van der Waals surface area contributed by atoms with Gasteiger partial charge in [-0.25, -0.2) is 9.78 Å². The first-order valence-electron chi connectivity index (χ1n) is 12.4. The van der Waals surface area contributed by atoms with Crippen molar-refractivity contribution < 1.29 is 19.1 Å². The quantitative estimate of drug-likeness (QED) is 0.307. The number of carbonyl (C=O) groups excluding carboxylic acids is 2. The molecule has 0 unspecified atom stereocenters. The summed E-state index contributed by atoms with van der Waals surface area (Å²) >= 11 is 0. The van der Waals surface area contributed by atoms with Gasteiger partial charge in [0.1, 0.15) is 16.9 Å². The van der Waals surface area contributed by atoms with Gasteiger partial charge in [0, 0.05) is 18.4 Å². The number of carbonyl (C=O) groups is 2. The Bertz CT molecular complexity index is 1660. The minimum atomic E-state index is -0.672. The predicted molar refractivity (Wildman–Crippen MR) is 138 cm³/mol. The number of amides is 1. The second-order valence-corrected chi connectivity index (χ2v) is 9.15. The van der Waals surface area contributed by atoms with E-state index < -0.39 is 11.9 Å². The van der Waals surface area contributed by atoms with Crippen LogP contribution in [0.5, 0.6) is 0 Å². The first-order chi connectivity index (χ1) is 17.9. The molecule has 4 aromatic rings. The van der Waals surface area contributed by atoms with E-state index in [2.05, 4.69) is 4.99 Å². The van der Waals surface area contributed by atoms with E-state index in [-0.39, 0.29) is 41.3 Å². The van der Waals surface area contributed by atoms with Crippen LogP contribution in [0.25, 0.3) is 16.7 Å². The first-order valence-corrected chi connectivity index (χ1v) is 12.4. The Hall–Kier alpha value is -4.11. The topological polar surface area (TPSA) is 104 Å². The molecule has 0 bridgehead atoms. The zero-order chi connectivity index (χ0) is 26.1. The second-order valence-electron chi connectivity index (χ2n) is 9.15.